The molecule has 2 aliphatic heterocycles. The van der Waals surface area contributed by atoms with Crippen molar-refractivity contribution in [2.75, 3.05) is 45.8 Å². The first-order chi connectivity index (χ1) is 12.0. The summed E-state index contributed by atoms with van der Waals surface area (Å²) in [6, 6.07) is 10.5. The van der Waals surface area contributed by atoms with E-state index in [1.165, 1.54) is 5.56 Å². The summed E-state index contributed by atoms with van der Waals surface area (Å²) in [4.78, 5) is 30.4. The zero-order valence-corrected chi connectivity index (χ0v) is 14.9. The van der Waals surface area contributed by atoms with E-state index in [1.807, 2.05) is 13.0 Å². The van der Waals surface area contributed by atoms with Crippen molar-refractivity contribution in [1.29, 1.82) is 0 Å². The van der Waals surface area contributed by atoms with E-state index in [2.05, 4.69) is 34.1 Å². The van der Waals surface area contributed by atoms with Crippen LogP contribution >= 0.6 is 0 Å². The number of carbonyl (C=O) groups excluding carboxylic acids is 2. The molecule has 0 aromatic heterocycles. The van der Waals surface area contributed by atoms with Crippen LogP contribution in [0.5, 0.6) is 0 Å². The second kappa shape index (κ2) is 7.97. The van der Waals surface area contributed by atoms with Crippen LogP contribution in [0.4, 0.5) is 0 Å². The van der Waals surface area contributed by atoms with Crippen LogP contribution in [0, 0.1) is 11.8 Å². The zero-order chi connectivity index (χ0) is 17.8. The monoisotopic (exact) mass is 344 g/mol. The Morgan fingerprint density at radius 3 is 2.28 bits per heavy atom. The molecule has 6 nitrogen and oxygen atoms in total. The number of carbonyl (C=O) groups is 2. The van der Waals surface area contributed by atoms with Crippen LogP contribution in [0.15, 0.2) is 30.3 Å². The third-order valence-corrected chi connectivity index (χ3v) is 5.40. The molecule has 2 atom stereocenters. The Morgan fingerprint density at radius 2 is 1.68 bits per heavy atom. The molecule has 1 aromatic carbocycles. The van der Waals surface area contributed by atoms with Crippen molar-refractivity contribution >= 4 is 11.8 Å². The summed E-state index contributed by atoms with van der Waals surface area (Å²) in [5.41, 5.74) is 6.75. The van der Waals surface area contributed by atoms with E-state index in [1.54, 1.807) is 4.90 Å². The Bertz CT molecular complexity index is 599. The molecule has 2 N–H and O–H groups in total. The number of piperazine rings is 1. The third-order valence-electron chi connectivity index (χ3n) is 5.40. The lowest BCUT2D eigenvalue weighted by molar-refractivity contribution is -0.132. The van der Waals surface area contributed by atoms with Gasteiger partial charge in [0.05, 0.1) is 12.5 Å². The highest BCUT2D eigenvalue weighted by Gasteiger charge is 2.36. The van der Waals surface area contributed by atoms with Crippen molar-refractivity contribution in [3.8, 4) is 0 Å². The van der Waals surface area contributed by atoms with Crippen LogP contribution in [0.25, 0.3) is 0 Å². The van der Waals surface area contributed by atoms with Gasteiger partial charge in [0.25, 0.3) is 0 Å². The topological polar surface area (TPSA) is 69.9 Å². The minimum Gasteiger partial charge on any atom is -0.369 e. The third kappa shape index (κ3) is 4.58. The Labute approximate surface area is 149 Å². The lowest BCUT2D eigenvalue weighted by Crippen LogP contribution is -2.49. The number of hydrogen-bond acceptors (Lipinski definition) is 4. The largest absolute Gasteiger partial charge is 0.369 e. The molecule has 6 heteroatoms. The Kier molecular flexibility index (Phi) is 5.71. The van der Waals surface area contributed by atoms with E-state index in [9.17, 15) is 9.59 Å². The molecule has 0 bridgehead atoms. The maximum atomic E-state index is 12.5. The predicted octanol–water partition coefficient (Wildman–Crippen LogP) is 0.384. The SMILES string of the molecule is C[C@@H]1CN(C(=O)CN2CCN(Cc3ccccc3)CC2)C[C@H]1C(N)=O. The summed E-state index contributed by atoms with van der Waals surface area (Å²) < 4.78 is 0. The Hall–Kier alpha value is -1.92. The van der Waals surface area contributed by atoms with Crippen LogP contribution in [-0.4, -0.2) is 72.3 Å². The van der Waals surface area contributed by atoms with Gasteiger partial charge in [-0.25, -0.2) is 0 Å². The summed E-state index contributed by atoms with van der Waals surface area (Å²) in [5, 5.41) is 0. The average molecular weight is 344 g/mol. The fourth-order valence-corrected chi connectivity index (χ4v) is 3.78. The van der Waals surface area contributed by atoms with Gasteiger partial charge < -0.3 is 10.6 Å². The van der Waals surface area contributed by atoms with E-state index in [0.29, 0.717) is 19.6 Å². The molecule has 2 saturated heterocycles. The number of likely N-dealkylation sites (tertiary alicyclic amines) is 1. The molecule has 2 amide bonds. The predicted molar refractivity (Wildman–Crippen MR) is 96.6 cm³/mol. The highest BCUT2D eigenvalue weighted by Crippen LogP contribution is 2.22. The lowest BCUT2D eigenvalue weighted by atomic mass is 9.98. The summed E-state index contributed by atoms with van der Waals surface area (Å²) in [6.45, 7) is 8.27. The number of amides is 2. The van der Waals surface area contributed by atoms with E-state index in [-0.39, 0.29) is 23.7 Å². The van der Waals surface area contributed by atoms with Crippen molar-refractivity contribution in [3.05, 3.63) is 35.9 Å². The van der Waals surface area contributed by atoms with Crippen LogP contribution in [0.1, 0.15) is 12.5 Å². The van der Waals surface area contributed by atoms with Crippen molar-refractivity contribution in [2.24, 2.45) is 17.6 Å². The molecular weight excluding hydrogens is 316 g/mol. The molecule has 0 aliphatic carbocycles. The van der Waals surface area contributed by atoms with Gasteiger partial charge in [-0.1, -0.05) is 37.3 Å². The molecule has 1 aromatic rings. The van der Waals surface area contributed by atoms with Crippen molar-refractivity contribution in [1.82, 2.24) is 14.7 Å². The normalized spacial score (nSPS) is 25.2. The standard InChI is InChI=1S/C19H28N4O2/c1-15-11-23(13-17(15)19(20)25)18(24)14-22-9-7-21(8-10-22)12-16-5-3-2-4-6-16/h2-6,15,17H,7-14H2,1H3,(H2,20,25)/t15-,17-/m1/s1. The molecule has 25 heavy (non-hydrogen) atoms. The molecule has 0 saturated carbocycles. The summed E-state index contributed by atoms with van der Waals surface area (Å²) in [6.07, 6.45) is 0. The maximum absolute atomic E-state index is 12.5. The highest BCUT2D eigenvalue weighted by molar-refractivity contribution is 5.82. The smallest absolute Gasteiger partial charge is 0.236 e. The molecule has 2 fully saturated rings. The van der Waals surface area contributed by atoms with Crippen LogP contribution in [0.2, 0.25) is 0 Å². The summed E-state index contributed by atoms with van der Waals surface area (Å²) >= 11 is 0. The first kappa shape index (κ1) is 17.9. The van der Waals surface area contributed by atoms with E-state index < -0.39 is 0 Å². The van der Waals surface area contributed by atoms with E-state index in [4.69, 9.17) is 5.73 Å². The number of nitrogens with two attached hydrogens (primary N) is 1. The molecule has 0 spiro atoms. The second-order valence-electron chi connectivity index (χ2n) is 7.32. The maximum Gasteiger partial charge on any atom is 0.236 e. The molecule has 136 valence electrons. The van der Waals surface area contributed by atoms with Crippen LogP contribution < -0.4 is 5.73 Å². The minimum absolute atomic E-state index is 0.118. The quantitative estimate of drug-likeness (QED) is 0.839. The van der Waals surface area contributed by atoms with Gasteiger partial charge in [0.1, 0.15) is 0 Å². The second-order valence-corrected chi connectivity index (χ2v) is 7.32. The fourth-order valence-electron chi connectivity index (χ4n) is 3.78. The van der Waals surface area contributed by atoms with Gasteiger partial charge in [0.2, 0.25) is 11.8 Å². The zero-order valence-electron chi connectivity index (χ0n) is 14.9. The van der Waals surface area contributed by atoms with E-state index >= 15 is 0 Å². The molecule has 2 heterocycles. The van der Waals surface area contributed by atoms with Crippen molar-refractivity contribution < 1.29 is 9.59 Å². The molecule has 3 rings (SSSR count). The molecule has 0 unspecified atom stereocenters. The first-order valence-corrected chi connectivity index (χ1v) is 9.08. The first-order valence-electron chi connectivity index (χ1n) is 9.08. The number of rotatable bonds is 5. The lowest BCUT2D eigenvalue weighted by Gasteiger charge is -2.35. The van der Waals surface area contributed by atoms with Gasteiger partial charge in [0, 0.05) is 45.8 Å². The number of nitrogens with zero attached hydrogens (tertiary/aromatic N) is 3. The Morgan fingerprint density at radius 1 is 1.04 bits per heavy atom. The summed E-state index contributed by atoms with van der Waals surface area (Å²) in [7, 11) is 0. The van der Waals surface area contributed by atoms with Crippen molar-refractivity contribution in [3.63, 3.8) is 0 Å². The Balaban J connectivity index is 1.43. The number of primary amides is 1. The van der Waals surface area contributed by atoms with E-state index in [0.717, 1.165) is 32.7 Å². The van der Waals surface area contributed by atoms with Crippen LogP contribution in [-0.2, 0) is 16.1 Å². The van der Waals surface area contributed by atoms with Gasteiger partial charge in [-0.3, -0.25) is 19.4 Å². The van der Waals surface area contributed by atoms with Gasteiger partial charge in [-0.05, 0) is 11.5 Å². The molecule has 2 aliphatic rings. The highest BCUT2D eigenvalue weighted by atomic mass is 16.2. The van der Waals surface area contributed by atoms with Crippen molar-refractivity contribution in [2.45, 2.75) is 13.5 Å². The van der Waals surface area contributed by atoms with Gasteiger partial charge >= 0.3 is 0 Å². The minimum atomic E-state index is -0.294. The van der Waals surface area contributed by atoms with Gasteiger partial charge in [0.15, 0.2) is 0 Å². The van der Waals surface area contributed by atoms with Gasteiger partial charge in [-0.15, -0.1) is 0 Å². The summed E-state index contributed by atoms with van der Waals surface area (Å²) in [5.74, 6) is -0.222. The fraction of sp³-hybridized carbons (Fsp3) is 0.579. The average Bonchev–Trinajstić information content (AvgIpc) is 3.00. The number of hydrogen-bond donors (Lipinski definition) is 1. The number of benzene rings is 1. The van der Waals surface area contributed by atoms with Gasteiger partial charge in [-0.2, -0.15) is 0 Å². The van der Waals surface area contributed by atoms with Crippen LogP contribution in [0.3, 0.4) is 0 Å². The molecular formula is C19H28N4O2. The molecule has 0 radical (unpaired) electrons.